The van der Waals surface area contributed by atoms with Crippen LogP contribution in [0.3, 0.4) is 0 Å². The highest BCUT2D eigenvalue weighted by atomic mass is 32.2. The number of nitrogens with zero attached hydrogens (tertiary/aromatic N) is 1. The van der Waals surface area contributed by atoms with Gasteiger partial charge in [-0.05, 0) is 29.9 Å². The summed E-state index contributed by atoms with van der Waals surface area (Å²) in [7, 11) is 1.36. The molecule has 0 aliphatic carbocycles. The number of carbonyl (C=O) groups excluding carboxylic acids is 1. The number of esters is 1. The van der Waals surface area contributed by atoms with Crippen molar-refractivity contribution in [2.75, 3.05) is 12.9 Å². The number of carbonyl (C=O) groups is 1. The number of thioether (sulfide) groups is 2. The first-order chi connectivity index (χ1) is 11.6. The molecule has 128 valence electrons. The monoisotopic (exact) mass is 364 g/mol. The topological polar surface area (TPSA) is 72.0 Å². The highest BCUT2D eigenvalue weighted by Crippen LogP contribution is 2.20. The summed E-state index contributed by atoms with van der Waals surface area (Å²) >= 11 is 3.25. The van der Waals surface area contributed by atoms with Gasteiger partial charge in [-0.1, -0.05) is 30.8 Å². The fourth-order valence-corrected chi connectivity index (χ4v) is 3.59. The first-order valence-corrected chi connectivity index (χ1v) is 9.74. The molecule has 0 bridgehead atoms. The molecular weight excluding hydrogens is 344 g/mol. The highest BCUT2D eigenvalue weighted by Gasteiger charge is 2.06. The number of methoxy groups -OCH3 is 1. The molecule has 0 saturated heterocycles. The van der Waals surface area contributed by atoms with E-state index in [1.54, 1.807) is 30.0 Å². The van der Waals surface area contributed by atoms with E-state index in [9.17, 15) is 9.59 Å². The summed E-state index contributed by atoms with van der Waals surface area (Å²) in [5, 5.41) is 0.617. The SMILES string of the molecule is CCCSCc1cc(=O)[nH]c(SCc2ccc(C(=O)OC)cc2)n1. The van der Waals surface area contributed by atoms with E-state index in [1.165, 1.54) is 18.9 Å². The van der Waals surface area contributed by atoms with Crippen LogP contribution in [0.25, 0.3) is 0 Å². The molecule has 1 aromatic heterocycles. The third kappa shape index (κ3) is 5.72. The van der Waals surface area contributed by atoms with E-state index in [0.29, 0.717) is 16.5 Å². The van der Waals surface area contributed by atoms with Crippen molar-refractivity contribution in [2.24, 2.45) is 0 Å². The van der Waals surface area contributed by atoms with Gasteiger partial charge in [0, 0.05) is 17.6 Å². The number of hydrogen-bond donors (Lipinski definition) is 1. The van der Waals surface area contributed by atoms with Crippen LogP contribution in [0.4, 0.5) is 0 Å². The van der Waals surface area contributed by atoms with Gasteiger partial charge in [0.2, 0.25) is 0 Å². The normalized spacial score (nSPS) is 10.6. The Morgan fingerprint density at radius 2 is 2.00 bits per heavy atom. The Morgan fingerprint density at radius 1 is 1.25 bits per heavy atom. The molecule has 0 aliphatic heterocycles. The lowest BCUT2D eigenvalue weighted by Gasteiger charge is -2.05. The number of H-pyrrole nitrogens is 1. The number of ether oxygens (including phenoxy) is 1. The summed E-state index contributed by atoms with van der Waals surface area (Å²) in [6.07, 6.45) is 1.11. The van der Waals surface area contributed by atoms with E-state index in [2.05, 4.69) is 21.6 Å². The van der Waals surface area contributed by atoms with Crippen LogP contribution in [0.1, 0.15) is 35.0 Å². The molecule has 0 radical (unpaired) electrons. The van der Waals surface area contributed by atoms with Gasteiger partial charge in [-0.3, -0.25) is 4.79 Å². The van der Waals surface area contributed by atoms with Gasteiger partial charge in [0.05, 0.1) is 18.4 Å². The maximum atomic E-state index is 11.7. The Bertz CT molecular complexity index is 729. The van der Waals surface area contributed by atoms with E-state index in [4.69, 9.17) is 0 Å². The van der Waals surface area contributed by atoms with Crippen LogP contribution in [0.15, 0.2) is 40.3 Å². The Kier molecular flexibility index (Phi) is 7.39. The summed E-state index contributed by atoms with van der Waals surface area (Å²) in [6, 6.07) is 8.76. The van der Waals surface area contributed by atoms with Crippen LogP contribution in [0, 0.1) is 0 Å². The fraction of sp³-hybridized carbons (Fsp3) is 0.353. The van der Waals surface area contributed by atoms with Gasteiger partial charge >= 0.3 is 5.97 Å². The van der Waals surface area contributed by atoms with Crippen molar-refractivity contribution in [2.45, 2.75) is 30.0 Å². The van der Waals surface area contributed by atoms with Crippen LogP contribution in [-0.2, 0) is 16.2 Å². The van der Waals surface area contributed by atoms with Crippen molar-refractivity contribution in [3.63, 3.8) is 0 Å². The van der Waals surface area contributed by atoms with Crippen molar-refractivity contribution in [3.8, 4) is 0 Å². The molecule has 0 saturated carbocycles. The Morgan fingerprint density at radius 3 is 2.67 bits per heavy atom. The van der Waals surface area contributed by atoms with E-state index >= 15 is 0 Å². The standard InChI is InChI=1S/C17H20N2O3S2/c1-3-8-23-11-14-9-15(20)19-17(18-14)24-10-12-4-6-13(7-5-12)16(21)22-2/h4-7,9H,3,8,10-11H2,1-2H3,(H,18,19,20). The van der Waals surface area contributed by atoms with Gasteiger partial charge in [0.1, 0.15) is 0 Å². The van der Waals surface area contributed by atoms with Crippen molar-refractivity contribution < 1.29 is 9.53 Å². The minimum atomic E-state index is -0.350. The Hall–Kier alpha value is -1.73. The summed E-state index contributed by atoms with van der Waals surface area (Å²) < 4.78 is 4.68. The summed E-state index contributed by atoms with van der Waals surface area (Å²) in [5.41, 5.74) is 2.25. The average molecular weight is 364 g/mol. The molecule has 7 heteroatoms. The zero-order chi connectivity index (χ0) is 17.4. The molecular formula is C17H20N2O3S2. The van der Waals surface area contributed by atoms with Crippen molar-refractivity contribution in [1.82, 2.24) is 9.97 Å². The van der Waals surface area contributed by atoms with Crippen LogP contribution in [0.5, 0.6) is 0 Å². The molecule has 1 heterocycles. The van der Waals surface area contributed by atoms with E-state index in [0.717, 1.165) is 29.2 Å². The lowest BCUT2D eigenvalue weighted by atomic mass is 10.1. The predicted molar refractivity (Wildman–Crippen MR) is 98.7 cm³/mol. The minimum Gasteiger partial charge on any atom is -0.465 e. The number of rotatable bonds is 8. The van der Waals surface area contributed by atoms with E-state index in [1.807, 2.05) is 12.1 Å². The zero-order valence-corrected chi connectivity index (χ0v) is 15.3. The van der Waals surface area contributed by atoms with E-state index < -0.39 is 0 Å². The fourth-order valence-electron chi connectivity index (χ4n) is 1.95. The van der Waals surface area contributed by atoms with Gasteiger partial charge in [-0.15, -0.1) is 0 Å². The van der Waals surface area contributed by atoms with Crippen LogP contribution >= 0.6 is 23.5 Å². The molecule has 0 fully saturated rings. The molecule has 1 N–H and O–H groups in total. The molecule has 0 atom stereocenters. The Balaban J connectivity index is 1.98. The number of aromatic amines is 1. The van der Waals surface area contributed by atoms with Gasteiger partial charge < -0.3 is 9.72 Å². The van der Waals surface area contributed by atoms with Gasteiger partial charge in [-0.25, -0.2) is 9.78 Å². The van der Waals surface area contributed by atoms with Crippen LogP contribution in [-0.4, -0.2) is 28.8 Å². The summed E-state index contributed by atoms with van der Waals surface area (Å²) in [4.78, 5) is 30.4. The maximum absolute atomic E-state index is 11.7. The molecule has 0 unspecified atom stereocenters. The molecule has 0 spiro atoms. The first-order valence-electron chi connectivity index (χ1n) is 7.60. The summed E-state index contributed by atoms with van der Waals surface area (Å²) in [5.74, 6) is 2.12. The van der Waals surface area contributed by atoms with Crippen molar-refractivity contribution in [3.05, 3.63) is 57.5 Å². The van der Waals surface area contributed by atoms with Crippen LogP contribution < -0.4 is 5.56 Å². The number of hydrogen-bond acceptors (Lipinski definition) is 6. The second-order valence-corrected chi connectivity index (χ2v) is 7.14. The maximum Gasteiger partial charge on any atom is 0.337 e. The quantitative estimate of drug-likeness (QED) is 0.335. The average Bonchev–Trinajstić information content (AvgIpc) is 2.59. The highest BCUT2D eigenvalue weighted by molar-refractivity contribution is 7.98. The van der Waals surface area contributed by atoms with Crippen molar-refractivity contribution in [1.29, 1.82) is 0 Å². The number of nitrogens with one attached hydrogen (secondary N) is 1. The smallest absolute Gasteiger partial charge is 0.337 e. The largest absolute Gasteiger partial charge is 0.465 e. The minimum absolute atomic E-state index is 0.124. The van der Waals surface area contributed by atoms with Crippen LogP contribution in [0.2, 0.25) is 0 Å². The molecule has 5 nitrogen and oxygen atoms in total. The number of aromatic nitrogens is 2. The Labute approximate surface area is 149 Å². The third-order valence-corrected chi connectivity index (χ3v) is 5.26. The molecule has 0 amide bonds. The predicted octanol–water partition coefficient (Wildman–Crippen LogP) is 3.49. The summed E-state index contributed by atoms with van der Waals surface area (Å²) in [6.45, 7) is 2.13. The van der Waals surface area contributed by atoms with E-state index in [-0.39, 0.29) is 11.5 Å². The molecule has 1 aromatic carbocycles. The molecule has 2 aromatic rings. The molecule has 2 rings (SSSR count). The lowest BCUT2D eigenvalue weighted by Crippen LogP contribution is -2.09. The number of benzene rings is 1. The second-order valence-electron chi connectivity index (χ2n) is 5.07. The van der Waals surface area contributed by atoms with Gasteiger partial charge in [0.25, 0.3) is 5.56 Å². The lowest BCUT2D eigenvalue weighted by molar-refractivity contribution is 0.0600. The molecule has 24 heavy (non-hydrogen) atoms. The molecule has 0 aliphatic rings. The van der Waals surface area contributed by atoms with Crippen molar-refractivity contribution >= 4 is 29.5 Å². The third-order valence-electron chi connectivity index (χ3n) is 3.12. The second kappa shape index (κ2) is 9.54. The van der Waals surface area contributed by atoms with Gasteiger partial charge in [-0.2, -0.15) is 11.8 Å². The zero-order valence-electron chi connectivity index (χ0n) is 13.7. The first kappa shape index (κ1) is 18.6. The van der Waals surface area contributed by atoms with Gasteiger partial charge in [0.15, 0.2) is 5.16 Å².